The Hall–Kier alpha value is -1.11. The molecule has 0 unspecified atom stereocenters. The van der Waals surface area contributed by atoms with Crippen LogP contribution in [0.15, 0.2) is 6.20 Å². The van der Waals surface area contributed by atoms with E-state index in [0.717, 1.165) is 5.48 Å². The molecule has 0 saturated heterocycles. The molecule has 0 spiro atoms. The average Bonchev–Trinajstić information content (AvgIpc) is 2.56. The lowest BCUT2D eigenvalue weighted by Gasteiger charge is -2.16. The van der Waals surface area contributed by atoms with Gasteiger partial charge in [-0.2, -0.15) is 5.48 Å². The number of aliphatic hydroxyl groups is 1. The number of quaternary nitrogens is 1. The summed E-state index contributed by atoms with van der Waals surface area (Å²) in [6.45, 7) is 4.06. The molecule has 0 aromatic carbocycles. The van der Waals surface area contributed by atoms with Crippen molar-refractivity contribution in [2.24, 2.45) is 0 Å². The first kappa shape index (κ1) is 12.0. The van der Waals surface area contributed by atoms with E-state index in [0.29, 0.717) is 24.5 Å². The minimum Gasteiger partial charge on any atom is -0.476 e. The van der Waals surface area contributed by atoms with E-state index in [1.165, 1.54) is 7.11 Å². The van der Waals surface area contributed by atoms with Crippen LogP contribution in [0.5, 0.6) is 5.88 Å². The van der Waals surface area contributed by atoms with Gasteiger partial charge in [-0.05, 0) is 20.3 Å². The molecule has 0 aliphatic carbocycles. The minimum absolute atomic E-state index is 0.383. The summed E-state index contributed by atoms with van der Waals surface area (Å²) in [7, 11) is 1.50. The summed E-state index contributed by atoms with van der Waals surface area (Å²) in [4.78, 5) is 0. The fourth-order valence-corrected chi connectivity index (χ4v) is 1.17. The number of hydrogen-bond acceptors (Lipinski definition) is 4. The van der Waals surface area contributed by atoms with E-state index in [1.807, 2.05) is 0 Å². The molecule has 1 aromatic heterocycles. The second-order valence-corrected chi connectivity index (χ2v) is 4.05. The molecule has 0 aliphatic heterocycles. The first-order valence-electron chi connectivity index (χ1n) is 4.77. The molecule has 86 valence electrons. The minimum atomic E-state index is -0.720. The zero-order valence-corrected chi connectivity index (χ0v) is 9.27. The smallest absolute Gasteiger partial charge is 0.298 e. The molecule has 15 heavy (non-hydrogen) atoms. The Morgan fingerprint density at radius 2 is 2.27 bits per heavy atom. The van der Waals surface area contributed by atoms with Gasteiger partial charge in [0.05, 0.1) is 18.9 Å². The molecule has 0 bridgehead atoms. The molecular formula is C9H18N3O3+. The van der Waals surface area contributed by atoms with Gasteiger partial charge >= 0.3 is 0 Å². The predicted octanol–water partition coefficient (Wildman–Crippen LogP) is -0.363. The lowest BCUT2D eigenvalue weighted by Crippen LogP contribution is -2.73. The number of aromatic nitrogens is 2. The van der Waals surface area contributed by atoms with E-state index in [2.05, 4.69) is 5.10 Å². The quantitative estimate of drug-likeness (QED) is 0.587. The highest BCUT2D eigenvalue weighted by Gasteiger charge is 2.16. The summed E-state index contributed by atoms with van der Waals surface area (Å²) < 4.78 is 6.60. The Bertz CT molecular complexity index is 295. The van der Waals surface area contributed by atoms with Crippen LogP contribution < -0.4 is 10.2 Å². The van der Waals surface area contributed by atoms with Crippen molar-refractivity contribution in [1.82, 2.24) is 9.78 Å². The van der Waals surface area contributed by atoms with Gasteiger partial charge < -0.3 is 9.84 Å². The predicted molar refractivity (Wildman–Crippen MR) is 53.1 cm³/mol. The third-order valence-corrected chi connectivity index (χ3v) is 2.04. The lowest BCUT2D eigenvalue weighted by atomic mass is 10.1. The van der Waals surface area contributed by atoms with E-state index in [-0.39, 0.29) is 0 Å². The third-order valence-electron chi connectivity index (χ3n) is 2.04. The van der Waals surface area contributed by atoms with Gasteiger partial charge in [-0.15, -0.1) is 5.10 Å². The van der Waals surface area contributed by atoms with Crippen molar-refractivity contribution in [1.29, 1.82) is 0 Å². The molecule has 1 heterocycles. The van der Waals surface area contributed by atoms with Crippen LogP contribution in [-0.2, 0) is 6.54 Å². The van der Waals surface area contributed by atoms with Crippen molar-refractivity contribution in [2.75, 3.05) is 7.11 Å². The van der Waals surface area contributed by atoms with Gasteiger partial charge in [0.25, 0.3) is 5.88 Å². The van der Waals surface area contributed by atoms with E-state index in [4.69, 9.17) is 9.94 Å². The summed E-state index contributed by atoms with van der Waals surface area (Å²) in [5, 5.41) is 22.5. The van der Waals surface area contributed by atoms with Gasteiger partial charge in [-0.25, -0.2) is 5.21 Å². The Morgan fingerprint density at radius 1 is 1.60 bits per heavy atom. The van der Waals surface area contributed by atoms with Crippen molar-refractivity contribution in [2.45, 2.75) is 32.4 Å². The highest BCUT2D eigenvalue weighted by molar-refractivity contribution is 5.36. The first-order chi connectivity index (χ1) is 6.96. The standard InChI is InChI=1S/C9H17N3O3/c1-9(2,13)4-5-12-6-7(11-14)8(10-12)15-3/h6,11,13-14H,4-5H2,1-3H3/p+1. The van der Waals surface area contributed by atoms with Gasteiger partial charge in [0.15, 0.2) is 0 Å². The molecule has 0 radical (unpaired) electrons. The van der Waals surface area contributed by atoms with Crippen molar-refractivity contribution in [3.05, 3.63) is 6.20 Å². The van der Waals surface area contributed by atoms with Gasteiger partial charge in [-0.1, -0.05) is 0 Å². The van der Waals surface area contributed by atoms with E-state index in [9.17, 15) is 5.11 Å². The number of aryl methyl sites for hydroxylation is 1. The average molecular weight is 216 g/mol. The third kappa shape index (κ3) is 3.50. The largest absolute Gasteiger partial charge is 0.476 e. The second kappa shape index (κ2) is 4.61. The normalized spacial score (nSPS) is 11.8. The number of nitrogens with zero attached hydrogens (tertiary/aromatic N) is 2. The number of hydrogen-bond donors (Lipinski definition) is 3. The number of methoxy groups -OCH3 is 1. The molecule has 1 rings (SSSR count). The zero-order chi connectivity index (χ0) is 11.5. The Balaban J connectivity index is 2.66. The molecule has 0 atom stereocenters. The van der Waals surface area contributed by atoms with Crippen molar-refractivity contribution < 1.29 is 20.5 Å². The highest BCUT2D eigenvalue weighted by atomic mass is 16.5. The monoisotopic (exact) mass is 216 g/mol. The van der Waals surface area contributed by atoms with Crippen LogP contribution in [0.2, 0.25) is 0 Å². The zero-order valence-electron chi connectivity index (χ0n) is 9.27. The highest BCUT2D eigenvalue weighted by Crippen LogP contribution is 2.17. The Labute approximate surface area is 88.4 Å². The van der Waals surface area contributed by atoms with Crippen LogP contribution >= 0.6 is 0 Å². The molecule has 0 saturated carbocycles. The fourth-order valence-electron chi connectivity index (χ4n) is 1.17. The van der Waals surface area contributed by atoms with Gasteiger partial charge in [-0.3, -0.25) is 4.68 Å². The van der Waals surface area contributed by atoms with Crippen LogP contribution in [0.1, 0.15) is 20.3 Å². The van der Waals surface area contributed by atoms with Crippen LogP contribution in [-0.4, -0.2) is 32.8 Å². The summed E-state index contributed by atoms with van der Waals surface area (Å²) in [6, 6.07) is 0. The molecule has 6 nitrogen and oxygen atoms in total. The number of ether oxygens (including phenoxy) is 1. The maximum absolute atomic E-state index is 9.54. The number of rotatable bonds is 5. The topological polar surface area (TPSA) is 84.1 Å². The lowest BCUT2D eigenvalue weighted by molar-refractivity contribution is -0.826. The summed E-state index contributed by atoms with van der Waals surface area (Å²) in [5.41, 5.74) is 0.766. The van der Waals surface area contributed by atoms with Crippen molar-refractivity contribution >= 4 is 5.69 Å². The molecule has 0 aliphatic rings. The van der Waals surface area contributed by atoms with E-state index < -0.39 is 5.60 Å². The SMILES string of the molecule is COc1nn(CCC(C)(C)O)cc1[NH2+]O. The maximum Gasteiger partial charge on any atom is 0.298 e. The second-order valence-electron chi connectivity index (χ2n) is 4.05. The molecule has 0 fully saturated rings. The van der Waals surface area contributed by atoms with Gasteiger partial charge in [0, 0.05) is 6.54 Å². The Morgan fingerprint density at radius 3 is 2.67 bits per heavy atom. The summed E-state index contributed by atoms with van der Waals surface area (Å²) in [5.74, 6) is 0.383. The molecule has 1 aromatic rings. The fraction of sp³-hybridized carbons (Fsp3) is 0.667. The van der Waals surface area contributed by atoms with Crippen molar-refractivity contribution in [3.63, 3.8) is 0 Å². The molecule has 0 amide bonds. The summed E-state index contributed by atoms with van der Waals surface area (Å²) in [6.07, 6.45) is 2.26. The van der Waals surface area contributed by atoms with Crippen LogP contribution in [0.4, 0.5) is 5.69 Å². The van der Waals surface area contributed by atoms with Gasteiger partial charge in [0.2, 0.25) is 5.69 Å². The molecular weight excluding hydrogens is 198 g/mol. The van der Waals surface area contributed by atoms with Crippen molar-refractivity contribution in [3.8, 4) is 5.88 Å². The maximum atomic E-state index is 9.54. The van der Waals surface area contributed by atoms with E-state index in [1.54, 1.807) is 24.7 Å². The molecule has 4 N–H and O–H groups in total. The van der Waals surface area contributed by atoms with Crippen LogP contribution in [0.3, 0.4) is 0 Å². The van der Waals surface area contributed by atoms with Crippen LogP contribution in [0.25, 0.3) is 0 Å². The molecule has 6 heteroatoms. The van der Waals surface area contributed by atoms with E-state index >= 15 is 0 Å². The van der Waals surface area contributed by atoms with Crippen LogP contribution in [0, 0.1) is 0 Å². The van der Waals surface area contributed by atoms with Gasteiger partial charge in [0.1, 0.15) is 0 Å². The Kier molecular flexibility index (Phi) is 3.67. The first-order valence-corrected chi connectivity index (χ1v) is 4.77. The number of nitrogens with two attached hydrogens (primary N) is 1. The summed E-state index contributed by atoms with van der Waals surface area (Å²) >= 11 is 0.